The van der Waals surface area contributed by atoms with Crippen LogP contribution in [0, 0.1) is 5.82 Å². The molecule has 0 aliphatic heterocycles. The van der Waals surface area contributed by atoms with E-state index in [2.05, 4.69) is 5.32 Å². The van der Waals surface area contributed by atoms with Gasteiger partial charge in [-0.2, -0.15) is 0 Å². The van der Waals surface area contributed by atoms with Crippen LogP contribution < -0.4 is 10.1 Å². The molecule has 0 radical (unpaired) electrons. The average molecular weight is 317 g/mol. The van der Waals surface area contributed by atoms with Crippen LogP contribution in [-0.2, 0) is 14.3 Å². The Labute approximate surface area is 133 Å². The lowest BCUT2D eigenvalue weighted by molar-refractivity contribution is -0.155. The van der Waals surface area contributed by atoms with Gasteiger partial charge in [0, 0.05) is 5.69 Å². The van der Waals surface area contributed by atoms with Crippen molar-refractivity contribution in [1.29, 1.82) is 0 Å². The average Bonchev–Trinajstić information content (AvgIpc) is 2.55. The normalized spacial score (nSPS) is 11.4. The molecular formula is C17H16FNO4. The SMILES string of the molecule is C[C@@H](OC(=O)COc1ccc(F)cc1)C(=O)Nc1ccccc1. The summed E-state index contributed by atoms with van der Waals surface area (Å²) in [6.45, 7) is 1.10. The standard InChI is InChI=1S/C17H16FNO4/c1-12(17(21)19-14-5-3-2-4-6-14)23-16(20)11-22-15-9-7-13(18)8-10-15/h2-10,12H,11H2,1H3,(H,19,21)/t12-/m1/s1. The summed E-state index contributed by atoms with van der Waals surface area (Å²) in [6.07, 6.45) is -0.959. The molecule has 0 bridgehead atoms. The van der Waals surface area contributed by atoms with Crippen molar-refractivity contribution in [3.8, 4) is 5.75 Å². The largest absolute Gasteiger partial charge is 0.482 e. The lowest BCUT2D eigenvalue weighted by Crippen LogP contribution is -2.31. The van der Waals surface area contributed by atoms with E-state index in [4.69, 9.17) is 9.47 Å². The summed E-state index contributed by atoms with van der Waals surface area (Å²) in [5.41, 5.74) is 0.614. The predicted octanol–water partition coefficient (Wildman–Crippen LogP) is 2.77. The molecule has 1 N–H and O–H groups in total. The number of carbonyl (C=O) groups excluding carboxylic acids is 2. The molecule has 5 nitrogen and oxygen atoms in total. The Kier molecular flexibility index (Phi) is 5.68. The van der Waals surface area contributed by atoms with Crippen LogP contribution in [0.1, 0.15) is 6.92 Å². The number of hydrogen-bond acceptors (Lipinski definition) is 4. The minimum Gasteiger partial charge on any atom is -0.482 e. The third-order valence-electron chi connectivity index (χ3n) is 2.89. The Morgan fingerprint density at radius 1 is 1.09 bits per heavy atom. The molecule has 0 saturated carbocycles. The van der Waals surface area contributed by atoms with E-state index in [1.54, 1.807) is 24.3 Å². The highest BCUT2D eigenvalue weighted by molar-refractivity contribution is 5.95. The van der Waals surface area contributed by atoms with Crippen LogP contribution in [0.3, 0.4) is 0 Å². The summed E-state index contributed by atoms with van der Waals surface area (Å²) in [6, 6.07) is 14.1. The first-order chi connectivity index (χ1) is 11.0. The molecular weight excluding hydrogens is 301 g/mol. The lowest BCUT2D eigenvalue weighted by atomic mass is 10.3. The molecule has 0 unspecified atom stereocenters. The van der Waals surface area contributed by atoms with Crippen molar-refractivity contribution in [1.82, 2.24) is 0 Å². The zero-order valence-corrected chi connectivity index (χ0v) is 12.5. The molecule has 0 spiro atoms. The predicted molar refractivity (Wildman–Crippen MR) is 82.5 cm³/mol. The zero-order valence-electron chi connectivity index (χ0n) is 12.5. The zero-order chi connectivity index (χ0) is 16.7. The highest BCUT2D eigenvalue weighted by Crippen LogP contribution is 2.11. The highest BCUT2D eigenvalue weighted by Gasteiger charge is 2.18. The van der Waals surface area contributed by atoms with Crippen molar-refractivity contribution in [3.05, 3.63) is 60.4 Å². The van der Waals surface area contributed by atoms with Gasteiger partial charge in [0.05, 0.1) is 0 Å². The number of halogens is 1. The van der Waals surface area contributed by atoms with E-state index in [1.807, 2.05) is 6.07 Å². The van der Waals surface area contributed by atoms with Gasteiger partial charge in [-0.25, -0.2) is 9.18 Å². The van der Waals surface area contributed by atoms with Crippen molar-refractivity contribution in [2.75, 3.05) is 11.9 Å². The first-order valence-electron chi connectivity index (χ1n) is 6.98. The Morgan fingerprint density at radius 2 is 1.74 bits per heavy atom. The first kappa shape index (κ1) is 16.5. The van der Waals surface area contributed by atoms with E-state index in [1.165, 1.54) is 31.2 Å². The van der Waals surface area contributed by atoms with E-state index >= 15 is 0 Å². The fourth-order valence-corrected chi connectivity index (χ4v) is 1.72. The Morgan fingerprint density at radius 3 is 2.39 bits per heavy atom. The molecule has 2 aromatic carbocycles. The monoisotopic (exact) mass is 317 g/mol. The number of benzene rings is 2. The second kappa shape index (κ2) is 7.93. The third kappa shape index (κ3) is 5.43. The molecule has 0 saturated heterocycles. The molecule has 0 heterocycles. The lowest BCUT2D eigenvalue weighted by Gasteiger charge is -2.14. The van der Waals surface area contributed by atoms with Crippen LogP contribution in [0.5, 0.6) is 5.75 Å². The van der Waals surface area contributed by atoms with Crippen LogP contribution in [0.2, 0.25) is 0 Å². The van der Waals surface area contributed by atoms with Crippen molar-refractivity contribution in [2.45, 2.75) is 13.0 Å². The van der Waals surface area contributed by atoms with E-state index in [9.17, 15) is 14.0 Å². The molecule has 0 aliphatic rings. The van der Waals surface area contributed by atoms with E-state index < -0.39 is 23.8 Å². The highest BCUT2D eigenvalue weighted by atomic mass is 19.1. The molecule has 2 rings (SSSR count). The van der Waals surface area contributed by atoms with Gasteiger partial charge in [0.2, 0.25) is 0 Å². The fraction of sp³-hybridized carbons (Fsp3) is 0.176. The topological polar surface area (TPSA) is 64.6 Å². The van der Waals surface area contributed by atoms with Gasteiger partial charge < -0.3 is 14.8 Å². The second-order valence-corrected chi connectivity index (χ2v) is 4.73. The summed E-state index contributed by atoms with van der Waals surface area (Å²) in [5, 5.41) is 2.63. The van der Waals surface area contributed by atoms with Crippen LogP contribution in [0.25, 0.3) is 0 Å². The molecule has 0 aliphatic carbocycles. The summed E-state index contributed by atoms with van der Waals surface area (Å²) in [7, 11) is 0. The van der Waals surface area contributed by atoms with Gasteiger partial charge in [-0.3, -0.25) is 4.79 Å². The number of hydrogen-bond donors (Lipinski definition) is 1. The Bertz CT molecular complexity index is 658. The molecule has 23 heavy (non-hydrogen) atoms. The molecule has 0 aromatic heterocycles. The molecule has 1 atom stereocenters. The Hall–Kier alpha value is -2.89. The van der Waals surface area contributed by atoms with E-state index in [0.29, 0.717) is 11.4 Å². The van der Waals surface area contributed by atoms with Gasteiger partial charge in [-0.15, -0.1) is 0 Å². The number of anilines is 1. The molecule has 6 heteroatoms. The molecule has 0 fully saturated rings. The number of nitrogens with one attached hydrogen (secondary N) is 1. The van der Waals surface area contributed by atoms with Crippen LogP contribution in [-0.4, -0.2) is 24.6 Å². The molecule has 120 valence electrons. The van der Waals surface area contributed by atoms with Crippen molar-refractivity contribution >= 4 is 17.6 Å². The smallest absolute Gasteiger partial charge is 0.344 e. The van der Waals surface area contributed by atoms with E-state index in [0.717, 1.165) is 0 Å². The summed E-state index contributed by atoms with van der Waals surface area (Å²) in [5.74, 6) is -1.19. The first-order valence-corrected chi connectivity index (χ1v) is 6.98. The van der Waals surface area contributed by atoms with Crippen LogP contribution >= 0.6 is 0 Å². The summed E-state index contributed by atoms with van der Waals surface area (Å²) < 4.78 is 22.9. The number of para-hydroxylation sites is 1. The fourth-order valence-electron chi connectivity index (χ4n) is 1.72. The Balaban J connectivity index is 1.77. The maximum Gasteiger partial charge on any atom is 0.344 e. The van der Waals surface area contributed by atoms with Gasteiger partial charge in [-0.05, 0) is 43.3 Å². The number of esters is 1. The quantitative estimate of drug-likeness (QED) is 0.832. The van der Waals surface area contributed by atoms with Gasteiger partial charge in [0.15, 0.2) is 12.7 Å². The van der Waals surface area contributed by atoms with Crippen molar-refractivity contribution in [2.24, 2.45) is 0 Å². The molecule has 2 aromatic rings. The van der Waals surface area contributed by atoms with Gasteiger partial charge in [0.1, 0.15) is 11.6 Å². The minimum absolute atomic E-state index is 0.338. The maximum atomic E-state index is 12.7. The number of rotatable bonds is 6. The van der Waals surface area contributed by atoms with Gasteiger partial charge >= 0.3 is 5.97 Å². The van der Waals surface area contributed by atoms with Gasteiger partial charge in [0.25, 0.3) is 5.91 Å². The minimum atomic E-state index is -0.959. The van der Waals surface area contributed by atoms with Gasteiger partial charge in [-0.1, -0.05) is 18.2 Å². The summed E-state index contributed by atoms with van der Waals surface area (Å²) in [4.78, 5) is 23.5. The number of ether oxygens (including phenoxy) is 2. The summed E-state index contributed by atoms with van der Waals surface area (Å²) >= 11 is 0. The van der Waals surface area contributed by atoms with Crippen molar-refractivity contribution in [3.63, 3.8) is 0 Å². The van der Waals surface area contributed by atoms with E-state index in [-0.39, 0.29) is 6.61 Å². The van der Waals surface area contributed by atoms with Crippen LogP contribution in [0.15, 0.2) is 54.6 Å². The second-order valence-electron chi connectivity index (χ2n) is 4.73. The number of carbonyl (C=O) groups is 2. The van der Waals surface area contributed by atoms with Crippen molar-refractivity contribution < 1.29 is 23.5 Å². The third-order valence-corrected chi connectivity index (χ3v) is 2.89. The van der Waals surface area contributed by atoms with Crippen LogP contribution in [0.4, 0.5) is 10.1 Å². The maximum absolute atomic E-state index is 12.7. The number of amides is 1. The molecule has 1 amide bonds.